The number of nitrogens with zero attached hydrogens (tertiary/aromatic N) is 6. The standard InChI is InChI=1S/C27H39FN8O3/c1-5-22-26(38)34(4)23-15-30-27(32-25(23)36(22)18-6-7-29-14-18)31-21-13-19(35-10-8-33(3)9-11-35)12-20(28)24(21)39-16-17(2)37/h12-13,15,17-18,22,29,37H,5-11,14,16H2,1-4H3,(H,30,31,32)/t17-,18?,22+/m0/s1. The number of rotatable bonds is 8. The molecular formula is C27H39FN8O3. The molecule has 1 aromatic carbocycles. The van der Waals surface area contributed by atoms with E-state index in [4.69, 9.17) is 9.72 Å². The molecule has 4 heterocycles. The molecule has 212 valence electrons. The number of carbonyl (C=O) groups is 1. The zero-order valence-electron chi connectivity index (χ0n) is 23.2. The first-order chi connectivity index (χ1) is 18.8. The van der Waals surface area contributed by atoms with Crippen molar-refractivity contribution in [3.05, 3.63) is 24.1 Å². The third kappa shape index (κ3) is 5.59. The van der Waals surface area contributed by atoms with Crippen LogP contribution < -0.4 is 30.1 Å². The highest BCUT2D eigenvalue weighted by molar-refractivity contribution is 6.04. The lowest BCUT2D eigenvalue weighted by molar-refractivity contribution is -0.120. The number of aliphatic hydroxyl groups is 1. The molecule has 0 bridgehead atoms. The normalized spacial score (nSPS) is 22.7. The Bertz CT molecular complexity index is 1180. The Hall–Kier alpha value is -3.22. The van der Waals surface area contributed by atoms with Crippen molar-refractivity contribution in [2.24, 2.45) is 0 Å². The maximum absolute atomic E-state index is 15.4. The Kier molecular flexibility index (Phi) is 8.06. The minimum absolute atomic E-state index is 0.00526. The molecule has 2 fully saturated rings. The first kappa shape index (κ1) is 27.4. The van der Waals surface area contributed by atoms with Gasteiger partial charge in [-0.2, -0.15) is 4.98 Å². The zero-order valence-corrected chi connectivity index (χ0v) is 23.2. The number of benzene rings is 1. The lowest BCUT2D eigenvalue weighted by Crippen LogP contribution is -2.56. The number of fused-ring (bicyclic) bond motifs is 1. The van der Waals surface area contributed by atoms with Crippen LogP contribution in [0.25, 0.3) is 0 Å². The predicted molar refractivity (Wildman–Crippen MR) is 150 cm³/mol. The van der Waals surface area contributed by atoms with Crippen LogP contribution in [0.5, 0.6) is 5.75 Å². The van der Waals surface area contributed by atoms with Gasteiger partial charge in [-0.25, -0.2) is 9.37 Å². The number of likely N-dealkylation sites (N-methyl/N-ethyl adjacent to an activating group) is 2. The molecular weight excluding hydrogens is 503 g/mol. The van der Waals surface area contributed by atoms with Crippen molar-refractivity contribution in [2.75, 3.05) is 80.0 Å². The minimum Gasteiger partial charge on any atom is -0.486 e. The molecule has 2 aromatic rings. The number of ether oxygens (including phenoxy) is 1. The smallest absolute Gasteiger partial charge is 0.249 e. The van der Waals surface area contributed by atoms with Gasteiger partial charge in [-0.15, -0.1) is 0 Å². The largest absolute Gasteiger partial charge is 0.486 e. The average molecular weight is 543 g/mol. The van der Waals surface area contributed by atoms with Crippen molar-refractivity contribution in [1.82, 2.24) is 20.2 Å². The van der Waals surface area contributed by atoms with Crippen molar-refractivity contribution in [1.29, 1.82) is 0 Å². The second-order valence-corrected chi connectivity index (χ2v) is 10.7. The van der Waals surface area contributed by atoms with Crippen LogP contribution in [-0.2, 0) is 4.79 Å². The van der Waals surface area contributed by atoms with E-state index in [-0.39, 0.29) is 36.3 Å². The molecule has 0 spiro atoms. The third-order valence-corrected chi connectivity index (χ3v) is 7.73. The molecule has 1 aromatic heterocycles. The average Bonchev–Trinajstić information content (AvgIpc) is 3.44. The molecule has 3 aliphatic rings. The molecule has 1 unspecified atom stereocenters. The van der Waals surface area contributed by atoms with E-state index in [0.29, 0.717) is 23.6 Å². The van der Waals surface area contributed by atoms with Gasteiger partial charge in [0.25, 0.3) is 0 Å². The highest BCUT2D eigenvalue weighted by Gasteiger charge is 2.41. The quantitative estimate of drug-likeness (QED) is 0.457. The topological polar surface area (TPSA) is 109 Å². The van der Waals surface area contributed by atoms with Crippen LogP contribution in [-0.4, -0.2) is 104 Å². The summed E-state index contributed by atoms with van der Waals surface area (Å²) in [6.45, 7) is 8.52. The highest BCUT2D eigenvalue weighted by Crippen LogP contribution is 2.39. The first-order valence-corrected chi connectivity index (χ1v) is 13.7. The molecule has 5 rings (SSSR count). The molecule has 0 radical (unpaired) electrons. The number of carbonyl (C=O) groups excluding carboxylic acids is 1. The van der Waals surface area contributed by atoms with E-state index in [1.165, 1.54) is 6.07 Å². The van der Waals surface area contributed by atoms with Gasteiger partial charge in [-0.05, 0) is 39.4 Å². The Balaban J connectivity index is 1.52. The van der Waals surface area contributed by atoms with Gasteiger partial charge in [0, 0.05) is 57.6 Å². The van der Waals surface area contributed by atoms with Crippen LogP contribution in [0.2, 0.25) is 0 Å². The number of amides is 1. The summed E-state index contributed by atoms with van der Waals surface area (Å²) in [6.07, 6.45) is 2.44. The molecule has 3 N–H and O–H groups in total. The summed E-state index contributed by atoms with van der Waals surface area (Å²) in [7, 11) is 3.83. The Morgan fingerprint density at radius 3 is 2.69 bits per heavy atom. The SMILES string of the molecule is CC[C@@H]1C(=O)N(C)c2cnc(Nc3cc(N4CCN(C)CC4)cc(F)c3OC[C@H](C)O)nc2N1C1CCNC1. The fraction of sp³-hybridized carbons (Fsp3) is 0.593. The summed E-state index contributed by atoms with van der Waals surface area (Å²) in [5.41, 5.74) is 1.76. The summed E-state index contributed by atoms with van der Waals surface area (Å²) in [5.74, 6) is 0.460. The van der Waals surface area contributed by atoms with Gasteiger partial charge in [0.05, 0.1) is 18.0 Å². The Morgan fingerprint density at radius 1 is 1.26 bits per heavy atom. The lowest BCUT2D eigenvalue weighted by atomic mass is 10.0. The predicted octanol–water partition coefficient (Wildman–Crippen LogP) is 1.79. The van der Waals surface area contributed by atoms with Crippen LogP contribution in [0.1, 0.15) is 26.7 Å². The van der Waals surface area contributed by atoms with Crippen LogP contribution >= 0.6 is 0 Å². The minimum atomic E-state index is -0.762. The van der Waals surface area contributed by atoms with Crippen LogP contribution in [0.3, 0.4) is 0 Å². The zero-order chi connectivity index (χ0) is 27.7. The number of aromatic nitrogens is 2. The van der Waals surface area contributed by atoms with Gasteiger partial charge in [0.2, 0.25) is 11.9 Å². The van der Waals surface area contributed by atoms with E-state index in [1.54, 1.807) is 25.1 Å². The van der Waals surface area contributed by atoms with Crippen molar-refractivity contribution in [3.8, 4) is 5.75 Å². The maximum atomic E-state index is 15.4. The van der Waals surface area contributed by atoms with Crippen molar-refractivity contribution in [2.45, 2.75) is 44.9 Å². The van der Waals surface area contributed by atoms with E-state index in [0.717, 1.165) is 51.4 Å². The van der Waals surface area contributed by atoms with Crippen molar-refractivity contribution >= 4 is 34.7 Å². The second-order valence-electron chi connectivity index (χ2n) is 10.7. The number of aliphatic hydroxyl groups excluding tert-OH is 1. The molecule has 11 nitrogen and oxygen atoms in total. The summed E-state index contributed by atoms with van der Waals surface area (Å²) < 4.78 is 21.1. The summed E-state index contributed by atoms with van der Waals surface area (Å²) in [6, 6.07) is 3.13. The molecule has 0 saturated carbocycles. The monoisotopic (exact) mass is 542 g/mol. The fourth-order valence-electron chi connectivity index (χ4n) is 5.53. The fourth-order valence-corrected chi connectivity index (χ4v) is 5.53. The van der Waals surface area contributed by atoms with Crippen molar-refractivity contribution < 1.29 is 19.0 Å². The van der Waals surface area contributed by atoms with Gasteiger partial charge >= 0.3 is 0 Å². The van der Waals surface area contributed by atoms with Gasteiger partial charge in [0.15, 0.2) is 17.4 Å². The number of anilines is 5. The van der Waals surface area contributed by atoms with Gasteiger partial charge in [-0.1, -0.05) is 6.92 Å². The van der Waals surface area contributed by atoms with E-state index in [1.807, 2.05) is 13.0 Å². The molecule has 2 saturated heterocycles. The molecule has 3 aliphatic heterocycles. The van der Waals surface area contributed by atoms with Gasteiger partial charge in [-0.3, -0.25) is 4.79 Å². The van der Waals surface area contributed by atoms with Crippen molar-refractivity contribution in [3.63, 3.8) is 0 Å². The summed E-state index contributed by atoms with van der Waals surface area (Å²) >= 11 is 0. The number of hydrogen-bond acceptors (Lipinski definition) is 10. The highest BCUT2D eigenvalue weighted by atomic mass is 19.1. The summed E-state index contributed by atoms with van der Waals surface area (Å²) in [5, 5.41) is 16.4. The second kappa shape index (κ2) is 11.5. The summed E-state index contributed by atoms with van der Waals surface area (Å²) in [4.78, 5) is 30.7. The van der Waals surface area contributed by atoms with E-state index in [9.17, 15) is 9.90 Å². The molecule has 39 heavy (non-hydrogen) atoms. The molecule has 0 aliphatic carbocycles. The lowest BCUT2D eigenvalue weighted by Gasteiger charge is -2.43. The Labute approximate surface area is 228 Å². The number of hydrogen-bond donors (Lipinski definition) is 3. The number of piperazine rings is 1. The van der Waals surface area contributed by atoms with E-state index >= 15 is 4.39 Å². The van der Waals surface area contributed by atoms with E-state index < -0.39 is 11.9 Å². The van der Waals surface area contributed by atoms with E-state index in [2.05, 4.69) is 37.4 Å². The molecule has 1 amide bonds. The van der Waals surface area contributed by atoms with Crippen LogP contribution in [0.15, 0.2) is 18.3 Å². The third-order valence-electron chi connectivity index (χ3n) is 7.73. The number of halogens is 1. The molecule has 3 atom stereocenters. The first-order valence-electron chi connectivity index (χ1n) is 13.7. The van der Waals surface area contributed by atoms with Gasteiger partial charge in [0.1, 0.15) is 18.3 Å². The maximum Gasteiger partial charge on any atom is 0.249 e. The van der Waals surface area contributed by atoms with Gasteiger partial charge < -0.3 is 40.1 Å². The molecule has 12 heteroatoms. The Morgan fingerprint density at radius 2 is 2.03 bits per heavy atom. The van der Waals surface area contributed by atoms with Crippen LogP contribution in [0, 0.1) is 5.82 Å². The van der Waals surface area contributed by atoms with Crippen LogP contribution in [0.4, 0.5) is 33.2 Å². The number of nitrogens with one attached hydrogen (secondary N) is 2.